The maximum absolute atomic E-state index is 11.9. The van der Waals surface area contributed by atoms with Crippen molar-refractivity contribution in [1.29, 1.82) is 0 Å². The molecule has 2 N–H and O–H groups in total. The minimum atomic E-state index is -0.144. The van der Waals surface area contributed by atoms with Gasteiger partial charge < -0.3 is 19.9 Å². The number of nitrogens with one attached hydrogen (secondary N) is 2. The molecule has 0 spiro atoms. The zero-order valence-corrected chi connectivity index (χ0v) is 14.1. The average molecular weight is 327 g/mol. The third kappa shape index (κ3) is 4.38. The Morgan fingerprint density at radius 3 is 2.92 bits per heavy atom. The molecular weight excluding hydrogens is 302 g/mol. The first-order valence-electron chi connectivity index (χ1n) is 8.54. The average Bonchev–Trinajstić information content (AvgIpc) is 3.25. The highest BCUT2D eigenvalue weighted by Gasteiger charge is 2.16. The molecule has 2 heterocycles. The van der Waals surface area contributed by atoms with Crippen LogP contribution in [0.15, 0.2) is 42.6 Å². The Morgan fingerprint density at radius 1 is 1.25 bits per heavy atom. The molecule has 2 amide bonds. The first-order valence-corrected chi connectivity index (χ1v) is 8.54. The maximum atomic E-state index is 11.9. The second kappa shape index (κ2) is 8.02. The number of rotatable bonds is 6. The Balaban J connectivity index is 1.50. The summed E-state index contributed by atoms with van der Waals surface area (Å²) >= 11 is 0. The molecule has 5 nitrogen and oxygen atoms in total. The summed E-state index contributed by atoms with van der Waals surface area (Å²) in [5, 5.41) is 5.80. The summed E-state index contributed by atoms with van der Waals surface area (Å²) in [6.45, 7) is 4.83. The SMILES string of the molecule is Cc1ccccc1Cn1cccc1CNC(=O)NCC1CCCO1. The highest BCUT2D eigenvalue weighted by Crippen LogP contribution is 2.12. The number of hydrogen-bond acceptors (Lipinski definition) is 2. The van der Waals surface area contributed by atoms with E-state index in [1.807, 2.05) is 18.3 Å². The predicted octanol–water partition coefficient (Wildman–Crippen LogP) is 2.82. The standard InChI is InChI=1S/C19H25N3O2/c1-15-6-2-3-7-16(15)14-22-10-4-8-17(22)12-20-19(23)21-13-18-9-5-11-24-18/h2-4,6-8,10,18H,5,9,11-14H2,1H3,(H2,20,21,23). The van der Waals surface area contributed by atoms with Crippen LogP contribution in [0, 0.1) is 6.92 Å². The van der Waals surface area contributed by atoms with E-state index in [2.05, 4.69) is 46.4 Å². The van der Waals surface area contributed by atoms with Gasteiger partial charge in [-0.2, -0.15) is 0 Å². The summed E-state index contributed by atoms with van der Waals surface area (Å²) in [7, 11) is 0. The molecule has 24 heavy (non-hydrogen) atoms. The molecule has 3 rings (SSSR count). The van der Waals surface area contributed by atoms with E-state index in [-0.39, 0.29) is 12.1 Å². The Bertz CT molecular complexity index is 675. The Kier molecular flexibility index (Phi) is 5.54. The van der Waals surface area contributed by atoms with Gasteiger partial charge in [0.2, 0.25) is 0 Å². The van der Waals surface area contributed by atoms with Crippen molar-refractivity contribution in [1.82, 2.24) is 15.2 Å². The van der Waals surface area contributed by atoms with Crippen molar-refractivity contribution in [3.8, 4) is 0 Å². The molecule has 0 aliphatic carbocycles. The van der Waals surface area contributed by atoms with Crippen molar-refractivity contribution in [2.24, 2.45) is 0 Å². The number of hydrogen-bond donors (Lipinski definition) is 2. The van der Waals surface area contributed by atoms with E-state index in [0.717, 1.165) is 31.7 Å². The molecule has 128 valence electrons. The zero-order chi connectivity index (χ0) is 16.8. The molecule has 0 radical (unpaired) electrons. The van der Waals surface area contributed by atoms with Crippen LogP contribution in [0.3, 0.4) is 0 Å². The Labute approximate surface area is 143 Å². The highest BCUT2D eigenvalue weighted by molar-refractivity contribution is 5.73. The summed E-state index contributed by atoms with van der Waals surface area (Å²) in [5.41, 5.74) is 3.66. The lowest BCUT2D eigenvalue weighted by Gasteiger charge is -2.14. The molecule has 1 saturated heterocycles. The summed E-state index contributed by atoms with van der Waals surface area (Å²) in [6.07, 6.45) is 4.33. The number of carbonyl (C=O) groups is 1. The van der Waals surface area contributed by atoms with E-state index < -0.39 is 0 Å². The van der Waals surface area contributed by atoms with Gasteiger partial charge in [0.05, 0.1) is 12.6 Å². The van der Waals surface area contributed by atoms with Gasteiger partial charge in [0.15, 0.2) is 0 Å². The van der Waals surface area contributed by atoms with Gasteiger partial charge in [-0.05, 0) is 43.0 Å². The van der Waals surface area contributed by atoms with Crippen molar-refractivity contribution in [2.75, 3.05) is 13.2 Å². The van der Waals surface area contributed by atoms with Crippen LogP contribution in [0.25, 0.3) is 0 Å². The van der Waals surface area contributed by atoms with E-state index in [9.17, 15) is 4.79 Å². The highest BCUT2D eigenvalue weighted by atomic mass is 16.5. The fourth-order valence-corrected chi connectivity index (χ4v) is 2.98. The molecule has 1 aromatic carbocycles. The minimum absolute atomic E-state index is 0.144. The van der Waals surface area contributed by atoms with E-state index in [1.165, 1.54) is 11.1 Å². The molecule has 1 aliphatic heterocycles. The molecular formula is C19H25N3O2. The normalized spacial score (nSPS) is 17.0. The molecule has 1 unspecified atom stereocenters. The lowest BCUT2D eigenvalue weighted by atomic mass is 10.1. The molecule has 1 aromatic heterocycles. The summed E-state index contributed by atoms with van der Waals surface area (Å²) in [6, 6.07) is 12.3. The number of carbonyl (C=O) groups excluding carboxylic acids is 1. The summed E-state index contributed by atoms with van der Waals surface area (Å²) in [5.74, 6) is 0. The smallest absolute Gasteiger partial charge is 0.315 e. The first-order chi connectivity index (χ1) is 11.7. The molecule has 1 atom stereocenters. The second-order valence-corrected chi connectivity index (χ2v) is 6.25. The van der Waals surface area contributed by atoms with Crippen molar-refractivity contribution in [3.05, 3.63) is 59.4 Å². The monoisotopic (exact) mass is 327 g/mol. The third-order valence-electron chi connectivity index (χ3n) is 4.47. The van der Waals surface area contributed by atoms with Gasteiger partial charge in [0.1, 0.15) is 0 Å². The Hall–Kier alpha value is -2.27. The van der Waals surface area contributed by atoms with Crippen LogP contribution in [0.1, 0.15) is 29.7 Å². The lowest BCUT2D eigenvalue weighted by Crippen LogP contribution is -2.39. The van der Waals surface area contributed by atoms with Gasteiger partial charge in [-0.15, -0.1) is 0 Å². The number of aromatic nitrogens is 1. The topological polar surface area (TPSA) is 55.3 Å². The number of amides is 2. The van der Waals surface area contributed by atoms with Crippen LogP contribution in [0.5, 0.6) is 0 Å². The van der Waals surface area contributed by atoms with Crippen molar-refractivity contribution >= 4 is 6.03 Å². The van der Waals surface area contributed by atoms with Crippen LogP contribution in [0.2, 0.25) is 0 Å². The summed E-state index contributed by atoms with van der Waals surface area (Å²) in [4.78, 5) is 11.9. The molecule has 1 fully saturated rings. The third-order valence-corrected chi connectivity index (χ3v) is 4.47. The van der Waals surface area contributed by atoms with Crippen LogP contribution in [-0.4, -0.2) is 29.9 Å². The molecule has 2 aromatic rings. The van der Waals surface area contributed by atoms with E-state index in [0.29, 0.717) is 13.1 Å². The van der Waals surface area contributed by atoms with Crippen molar-refractivity contribution in [3.63, 3.8) is 0 Å². The Morgan fingerprint density at radius 2 is 2.12 bits per heavy atom. The minimum Gasteiger partial charge on any atom is -0.376 e. The summed E-state index contributed by atoms with van der Waals surface area (Å²) < 4.78 is 7.67. The van der Waals surface area contributed by atoms with Crippen LogP contribution in [0.4, 0.5) is 4.79 Å². The zero-order valence-electron chi connectivity index (χ0n) is 14.1. The predicted molar refractivity (Wildman–Crippen MR) is 93.9 cm³/mol. The van der Waals surface area contributed by atoms with Gasteiger partial charge in [-0.25, -0.2) is 4.79 Å². The van der Waals surface area contributed by atoms with Gasteiger partial charge in [0.25, 0.3) is 0 Å². The quantitative estimate of drug-likeness (QED) is 0.857. The number of urea groups is 1. The molecule has 5 heteroatoms. The number of nitrogens with zero attached hydrogens (tertiary/aromatic N) is 1. The lowest BCUT2D eigenvalue weighted by molar-refractivity contribution is 0.111. The maximum Gasteiger partial charge on any atom is 0.315 e. The van der Waals surface area contributed by atoms with Crippen molar-refractivity contribution < 1.29 is 9.53 Å². The first kappa shape index (κ1) is 16.6. The molecule has 0 bridgehead atoms. The van der Waals surface area contributed by atoms with E-state index in [4.69, 9.17) is 4.74 Å². The second-order valence-electron chi connectivity index (χ2n) is 6.25. The largest absolute Gasteiger partial charge is 0.376 e. The van der Waals surface area contributed by atoms with E-state index >= 15 is 0 Å². The van der Waals surface area contributed by atoms with Crippen LogP contribution < -0.4 is 10.6 Å². The number of ether oxygens (including phenoxy) is 1. The fourth-order valence-electron chi connectivity index (χ4n) is 2.98. The van der Waals surface area contributed by atoms with Gasteiger partial charge in [-0.1, -0.05) is 24.3 Å². The number of benzene rings is 1. The van der Waals surface area contributed by atoms with Crippen molar-refractivity contribution in [2.45, 2.75) is 39.0 Å². The molecule has 0 saturated carbocycles. The van der Waals surface area contributed by atoms with Crippen LogP contribution >= 0.6 is 0 Å². The van der Waals surface area contributed by atoms with Gasteiger partial charge >= 0.3 is 6.03 Å². The van der Waals surface area contributed by atoms with Gasteiger partial charge in [0, 0.05) is 31.6 Å². The number of aryl methyl sites for hydroxylation is 1. The van der Waals surface area contributed by atoms with Gasteiger partial charge in [-0.3, -0.25) is 0 Å². The fraction of sp³-hybridized carbons (Fsp3) is 0.421. The van der Waals surface area contributed by atoms with E-state index in [1.54, 1.807) is 0 Å². The molecule has 1 aliphatic rings. The van der Waals surface area contributed by atoms with Crippen LogP contribution in [-0.2, 0) is 17.8 Å².